The molecule has 0 radical (unpaired) electrons. The Balaban J connectivity index is 1.10. The van der Waals surface area contributed by atoms with Gasteiger partial charge < -0.3 is 25.0 Å². The van der Waals surface area contributed by atoms with Gasteiger partial charge in [0.05, 0.1) is 28.0 Å². The number of likely N-dealkylation sites (tertiary alicyclic amines) is 1. The van der Waals surface area contributed by atoms with Gasteiger partial charge in [-0.3, -0.25) is 9.78 Å². The van der Waals surface area contributed by atoms with Gasteiger partial charge in [-0.1, -0.05) is 29.2 Å². The molecule has 4 aromatic rings. The SMILES string of the molecule is Cc1ccnc(Nc2ncc(Sc3ccnc(C(=O)NCC4(c5ccccn5)CCN(CC5COC(C)(C)O5)CC4)c3F)s2)c1. The van der Waals surface area contributed by atoms with Crippen molar-refractivity contribution in [1.29, 1.82) is 0 Å². The standard InChI is InChI=1S/C32H36FN7O3S2/c1-21-7-12-35-25(16-21)39-30-37-17-26(45-30)44-23-8-13-36-28(27(23)33)29(41)38-20-32(24-6-4-5-11-34-24)9-14-40(15-10-32)18-22-19-42-31(2,3)43-22/h4-8,11-13,16-17,22H,9-10,14-15,18-20H2,1-3H3,(H,38,41)(H,35,37,39). The molecule has 13 heteroatoms. The fourth-order valence-electron chi connectivity index (χ4n) is 5.69. The summed E-state index contributed by atoms with van der Waals surface area (Å²) in [5, 5.41) is 6.81. The van der Waals surface area contributed by atoms with Gasteiger partial charge in [0.25, 0.3) is 5.91 Å². The monoisotopic (exact) mass is 649 g/mol. The topological polar surface area (TPSA) is 114 Å². The minimum absolute atomic E-state index is 0.0270. The van der Waals surface area contributed by atoms with Crippen LogP contribution in [0.2, 0.25) is 0 Å². The molecule has 0 aliphatic carbocycles. The number of rotatable bonds is 10. The number of piperidine rings is 1. The minimum Gasteiger partial charge on any atom is -0.350 e. The van der Waals surface area contributed by atoms with E-state index >= 15 is 4.39 Å². The van der Waals surface area contributed by atoms with E-state index in [-0.39, 0.29) is 17.2 Å². The summed E-state index contributed by atoms with van der Waals surface area (Å²) in [5.41, 5.74) is 1.37. The molecule has 45 heavy (non-hydrogen) atoms. The molecule has 236 valence electrons. The summed E-state index contributed by atoms with van der Waals surface area (Å²) in [6, 6.07) is 11.3. The van der Waals surface area contributed by atoms with Crippen LogP contribution in [0.3, 0.4) is 0 Å². The molecule has 6 rings (SSSR count). The van der Waals surface area contributed by atoms with Crippen molar-refractivity contribution in [3.05, 3.63) is 84.0 Å². The second-order valence-electron chi connectivity index (χ2n) is 11.8. The smallest absolute Gasteiger partial charge is 0.273 e. The van der Waals surface area contributed by atoms with Crippen molar-refractivity contribution in [2.45, 2.75) is 60.0 Å². The number of aryl methyl sites for hydroxylation is 1. The molecule has 0 bridgehead atoms. The van der Waals surface area contributed by atoms with Crippen LogP contribution in [0.1, 0.15) is 48.4 Å². The zero-order valence-corrected chi connectivity index (χ0v) is 27.1. The largest absolute Gasteiger partial charge is 0.350 e. The maximum atomic E-state index is 15.7. The van der Waals surface area contributed by atoms with Crippen LogP contribution in [-0.4, -0.2) is 75.4 Å². The predicted molar refractivity (Wildman–Crippen MR) is 172 cm³/mol. The van der Waals surface area contributed by atoms with Crippen molar-refractivity contribution in [3.63, 3.8) is 0 Å². The molecule has 0 saturated carbocycles. The van der Waals surface area contributed by atoms with Crippen molar-refractivity contribution in [1.82, 2.24) is 30.2 Å². The molecule has 10 nitrogen and oxygen atoms in total. The van der Waals surface area contributed by atoms with Crippen molar-refractivity contribution < 1.29 is 18.7 Å². The molecule has 0 aromatic carbocycles. The van der Waals surface area contributed by atoms with Crippen LogP contribution in [0.25, 0.3) is 0 Å². The molecule has 2 N–H and O–H groups in total. The normalized spacial score (nSPS) is 19.3. The van der Waals surface area contributed by atoms with Crippen LogP contribution in [0.4, 0.5) is 15.3 Å². The number of anilines is 2. The number of amides is 1. The Morgan fingerprint density at radius 2 is 1.93 bits per heavy atom. The third-order valence-electron chi connectivity index (χ3n) is 8.05. The number of thiazole rings is 1. The number of carbonyl (C=O) groups is 1. The van der Waals surface area contributed by atoms with Crippen LogP contribution in [0, 0.1) is 12.7 Å². The lowest BCUT2D eigenvalue weighted by Gasteiger charge is -2.42. The Hall–Kier alpha value is -3.49. The number of nitrogens with one attached hydrogen (secondary N) is 2. The van der Waals surface area contributed by atoms with Crippen LogP contribution >= 0.6 is 23.1 Å². The highest BCUT2D eigenvalue weighted by molar-refractivity contribution is 8.01. The lowest BCUT2D eigenvalue weighted by molar-refractivity contribution is -0.140. The van der Waals surface area contributed by atoms with Crippen molar-refractivity contribution in [2.24, 2.45) is 0 Å². The van der Waals surface area contributed by atoms with E-state index in [0.29, 0.717) is 29.0 Å². The Bertz CT molecular complexity index is 1630. The molecule has 0 spiro atoms. The third-order valence-corrected chi connectivity index (χ3v) is 10.1. The summed E-state index contributed by atoms with van der Waals surface area (Å²) in [6.45, 7) is 9.17. The van der Waals surface area contributed by atoms with Gasteiger partial charge in [-0.15, -0.1) is 0 Å². The number of halogens is 1. The molecular formula is C32H36FN7O3S2. The van der Waals surface area contributed by atoms with Crippen LogP contribution in [-0.2, 0) is 14.9 Å². The van der Waals surface area contributed by atoms with Gasteiger partial charge in [-0.25, -0.2) is 19.3 Å². The van der Waals surface area contributed by atoms with Crippen LogP contribution in [0.15, 0.2) is 70.3 Å². The van der Waals surface area contributed by atoms with E-state index in [0.717, 1.165) is 47.9 Å². The second kappa shape index (κ2) is 13.5. The molecule has 4 aromatic heterocycles. The van der Waals surface area contributed by atoms with Gasteiger partial charge in [0.2, 0.25) is 0 Å². The fourth-order valence-corrected chi connectivity index (χ4v) is 7.55. The average Bonchev–Trinajstić information content (AvgIpc) is 3.62. The number of hydrogen-bond acceptors (Lipinski definition) is 11. The maximum absolute atomic E-state index is 15.7. The van der Waals surface area contributed by atoms with Gasteiger partial charge in [0, 0.05) is 42.8 Å². The number of ether oxygens (including phenoxy) is 2. The molecule has 2 aliphatic rings. The minimum atomic E-state index is -0.660. The Labute approximate surface area is 270 Å². The Morgan fingerprint density at radius 1 is 1.11 bits per heavy atom. The number of nitrogens with zero attached hydrogens (tertiary/aromatic N) is 5. The van der Waals surface area contributed by atoms with E-state index in [1.807, 2.05) is 51.1 Å². The van der Waals surface area contributed by atoms with Crippen molar-refractivity contribution in [2.75, 3.05) is 38.1 Å². The average molecular weight is 650 g/mol. The van der Waals surface area contributed by atoms with Gasteiger partial charge in [-0.05, 0) is 82.6 Å². The molecule has 1 amide bonds. The highest BCUT2D eigenvalue weighted by atomic mass is 32.2. The first-order valence-corrected chi connectivity index (χ1v) is 16.5. The molecule has 1 unspecified atom stereocenters. The quantitative estimate of drug-likeness (QED) is 0.226. The summed E-state index contributed by atoms with van der Waals surface area (Å²) in [4.78, 5) is 33.5. The summed E-state index contributed by atoms with van der Waals surface area (Å²) in [6.07, 6.45) is 8.23. The number of aromatic nitrogens is 4. The van der Waals surface area contributed by atoms with Gasteiger partial charge in [0.1, 0.15) is 5.82 Å². The lowest BCUT2D eigenvalue weighted by Crippen LogP contribution is -2.51. The summed E-state index contributed by atoms with van der Waals surface area (Å²) < 4.78 is 28.2. The van der Waals surface area contributed by atoms with Gasteiger partial charge in [-0.2, -0.15) is 0 Å². The van der Waals surface area contributed by atoms with Crippen LogP contribution in [0.5, 0.6) is 0 Å². The Kier molecular flexibility index (Phi) is 9.43. The first kappa shape index (κ1) is 31.5. The predicted octanol–water partition coefficient (Wildman–Crippen LogP) is 5.59. The molecule has 2 fully saturated rings. The highest BCUT2D eigenvalue weighted by Gasteiger charge is 2.40. The summed E-state index contributed by atoms with van der Waals surface area (Å²) >= 11 is 2.58. The Morgan fingerprint density at radius 3 is 2.67 bits per heavy atom. The van der Waals surface area contributed by atoms with Gasteiger partial charge >= 0.3 is 0 Å². The summed E-state index contributed by atoms with van der Waals surface area (Å²) in [5.74, 6) is -1.08. The van der Waals surface area contributed by atoms with Crippen molar-refractivity contribution in [3.8, 4) is 0 Å². The lowest BCUT2D eigenvalue weighted by atomic mass is 9.75. The van der Waals surface area contributed by atoms with E-state index in [1.54, 1.807) is 24.7 Å². The first-order valence-electron chi connectivity index (χ1n) is 14.9. The zero-order chi connectivity index (χ0) is 31.4. The molecule has 2 saturated heterocycles. The van der Waals surface area contributed by atoms with Crippen molar-refractivity contribution >= 4 is 40.0 Å². The second-order valence-corrected chi connectivity index (χ2v) is 14.2. The van der Waals surface area contributed by atoms with Crippen LogP contribution < -0.4 is 10.6 Å². The summed E-state index contributed by atoms with van der Waals surface area (Å²) in [7, 11) is 0. The molecular weight excluding hydrogens is 614 g/mol. The molecule has 1 atom stereocenters. The number of carbonyl (C=O) groups excluding carboxylic acids is 1. The van der Waals surface area contributed by atoms with E-state index in [1.165, 1.54) is 29.3 Å². The van der Waals surface area contributed by atoms with E-state index in [9.17, 15) is 4.79 Å². The molecule has 6 heterocycles. The van der Waals surface area contributed by atoms with E-state index in [2.05, 4.69) is 35.5 Å². The fraction of sp³-hybridized carbons (Fsp3) is 0.406. The zero-order valence-electron chi connectivity index (χ0n) is 25.5. The molecule has 2 aliphatic heterocycles. The van der Waals surface area contributed by atoms with Gasteiger partial charge in [0.15, 0.2) is 22.4 Å². The third kappa shape index (κ3) is 7.67. The number of pyridine rings is 3. The first-order chi connectivity index (χ1) is 21.7. The van der Waals surface area contributed by atoms with E-state index in [4.69, 9.17) is 9.47 Å². The highest BCUT2D eigenvalue weighted by Crippen LogP contribution is 2.37. The maximum Gasteiger partial charge on any atom is 0.273 e. The van der Waals surface area contributed by atoms with E-state index < -0.39 is 17.5 Å². The number of hydrogen-bond donors (Lipinski definition) is 2.